The third-order valence-corrected chi connectivity index (χ3v) is 4.70. The molecule has 156 valence electrons. The van der Waals surface area contributed by atoms with Gasteiger partial charge in [-0.1, -0.05) is 26.0 Å². The second-order valence-corrected chi connectivity index (χ2v) is 7.65. The zero-order chi connectivity index (χ0) is 22.0. The van der Waals surface area contributed by atoms with Crippen molar-refractivity contribution >= 4 is 23.3 Å². The Morgan fingerprint density at radius 1 is 1.13 bits per heavy atom. The van der Waals surface area contributed by atoms with E-state index in [1.165, 1.54) is 11.0 Å². The molecule has 2 aromatic rings. The van der Waals surface area contributed by atoms with Gasteiger partial charge in [-0.25, -0.2) is 4.79 Å². The molecule has 7 heteroatoms. The normalized spacial score (nSPS) is 16.5. The highest BCUT2D eigenvalue weighted by Crippen LogP contribution is 2.41. The third kappa shape index (κ3) is 3.96. The van der Waals surface area contributed by atoms with Crippen molar-refractivity contribution in [3.63, 3.8) is 0 Å². The smallest absolute Gasteiger partial charge is 0.338 e. The third-order valence-electron chi connectivity index (χ3n) is 4.70. The fourth-order valence-electron chi connectivity index (χ4n) is 3.35. The SMILES string of the molecule is CC(C)OC(=O)c1cccc(N2C(=O)C(O)=C(C(=O)C(C)C)C2c2cccnc2)c1. The molecular formula is C23H24N2O5. The Balaban J connectivity index is 2.11. The summed E-state index contributed by atoms with van der Waals surface area (Å²) in [5.74, 6) is -2.55. The van der Waals surface area contributed by atoms with E-state index in [9.17, 15) is 19.5 Å². The van der Waals surface area contributed by atoms with E-state index in [4.69, 9.17) is 4.74 Å². The number of ketones is 1. The molecule has 0 saturated carbocycles. The molecule has 1 aliphatic heterocycles. The first-order chi connectivity index (χ1) is 14.2. The highest BCUT2D eigenvalue weighted by molar-refractivity contribution is 6.17. The van der Waals surface area contributed by atoms with Crippen LogP contribution in [0.5, 0.6) is 0 Å². The van der Waals surface area contributed by atoms with Crippen molar-refractivity contribution in [3.05, 3.63) is 71.3 Å². The molecule has 30 heavy (non-hydrogen) atoms. The Bertz CT molecular complexity index is 1010. The van der Waals surface area contributed by atoms with Gasteiger partial charge in [-0.05, 0) is 43.7 Å². The van der Waals surface area contributed by atoms with Gasteiger partial charge in [0.25, 0.3) is 5.91 Å². The molecule has 7 nitrogen and oxygen atoms in total. The minimum Gasteiger partial charge on any atom is -0.503 e. The fourth-order valence-corrected chi connectivity index (χ4v) is 3.35. The van der Waals surface area contributed by atoms with E-state index in [2.05, 4.69) is 4.98 Å². The summed E-state index contributed by atoms with van der Waals surface area (Å²) < 4.78 is 5.24. The largest absolute Gasteiger partial charge is 0.503 e. The van der Waals surface area contributed by atoms with Crippen LogP contribution in [-0.4, -0.2) is 33.9 Å². The van der Waals surface area contributed by atoms with Crippen LogP contribution in [0.2, 0.25) is 0 Å². The van der Waals surface area contributed by atoms with Crippen LogP contribution in [-0.2, 0) is 14.3 Å². The molecule has 3 rings (SSSR count). The predicted molar refractivity (Wildman–Crippen MR) is 111 cm³/mol. The monoisotopic (exact) mass is 408 g/mol. The molecule has 1 aliphatic rings. The minimum absolute atomic E-state index is 0.0261. The van der Waals surface area contributed by atoms with Crippen molar-refractivity contribution in [3.8, 4) is 0 Å². The number of aliphatic hydroxyl groups is 1. The molecular weight excluding hydrogens is 384 g/mol. The summed E-state index contributed by atoms with van der Waals surface area (Å²) in [4.78, 5) is 43.6. The van der Waals surface area contributed by atoms with Crippen LogP contribution >= 0.6 is 0 Å². The van der Waals surface area contributed by atoms with Crippen molar-refractivity contribution in [1.29, 1.82) is 0 Å². The number of Topliss-reactive ketones (excluding diaryl/α,β-unsaturated/α-hetero) is 1. The van der Waals surface area contributed by atoms with Gasteiger partial charge in [0.1, 0.15) is 0 Å². The number of rotatable bonds is 6. The summed E-state index contributed by atoms with van der Waals surface area (Å²) in [6.45, 7) is 6.91. The van der Waals surface area contributed by atoms with E-state index in [1.807, 2.05) is 0 Å². The molecule has 0 saturated heterocycles. The van der Waals surface area contributed by atoms with Gasteiger partial charge < -0.3 is 9.84 Å². The lowest BCUT2D eigenvalue weighted by atomic mass is 9.92. The molecule has 1 aromatic heterocycles. The molecule has 1 N–H and O–H groups in total. The van der Waals surface area contributed by atoms with Crippen LogP contribution in [0.3, 0.4) is 0 Å². The maximum atomic E-state index is 13.0. The highest BCUT2D eigenvalue weighted by atomic mass is 16.5. The molecule has 0 aliphatic carbocycles. The number of ether oxygens (including phenoxy) is 1. The van der Waals surface area contributed by atoms with Crippen molar-refractivity contribution in [2.24, 2.45) is 5.92 Å². The molecule has 1 unspecified atom stereocenters. The lowest BCUT2D eigenvalue weighted by Crippen LogP contribution is -2.31. The first-order valence-electron chi connectivity index (χ1n) is 9.74. The Labute approximate surface area is 175 Å². The zero-order valence-corrected chi connectivity index (χ0v) is 17.3. The maximum Gasteiger partial charge on any atom is 0.338 e. The Morgan fingerprint density at radius 3 is 2.47 bits per heavy atom. The summed E-state index contributed by atoms with van der Waals surface area (Å²) in [7, 11) is 0. The number of anilines is 1. The molecule has 0 fully saturated rings. The van der Waals surface area contributed by atoms with Gasteiger partial charge in [-0.2, -0.15) is 0 Å². The first kappa shape index (κ1) is 21.2. The number of benzene rings is 1. The number of hydrogen-bond donors (Lipinski definition) is 1. The van der Waals surface area contributed by atoms with E-state index in [0.29, 0.717) is 11.3 Å². The highest BCUT2D eigenvalue weighted by Gasteiger charge is 2.45. The summed E-state index contributed by atoms with van der Waals surface area (Å²) in [5.41, 5.74) is 1.24. The average molecular weight is 408 g/mol. The van der Waals surface area contributed by atoms with Crippen LogP contribution < -0.4 is 4.90 Å². The quantitative estimate of drug-likeness (QED) is 0.731. The van der Waals surface area contributed by atoms with E-state index in [0.717, 1.165) is 0 Å². The summed E-state index contributed by atoms with van der Waals surface area (Å²) in [6, 6.07) is 8.95. The molecule has 1 aromatic carbocycles. The molecule has 0 radical (unpaired) electrons. The van der Waals surface area contributed by atoms with Gasteiger partial charge in [0.2, 0.25) is 0 Å². The van der Waals surface area contributed by atoms with Gasteiger partial charge in [0.05, 0.1) is 23.3 Å². The number of nitrogens with zero attached hydrogens (tertiary/aromatic N) is 2. The average Bonchev–Trinajstić information content (AvgIpc) is 2.98. The Hall–Kier alpha value is -3.48. The standard InChI is InChI=1S/C23H24N2O5/c1-13(2)20(26)18-19(16-8-6-10-24-12-16)25(22(28)21(18)27)17-9-5-7-15(11-17)23(29)30-14(3)4/h5-14,19,27H,1-4H3. The lowest BCUT2D eigenvalue weighted by Gasteiger charge is -2.27. The van der Waals surface area contributed by atoms with E-state index in [-0.39, 0.29) is 23.0 Å². The van der Waals surface area contributed by atoms with E-state index >= 15 is 0 Å². The molecule has 0 bridgehead atoms. The van der Waals surface area contributed by atoms with Gasteiger partial charge in [0.15, 0.2) is 11.5 Å². The van der Waals surface area contributed by atoms with Crippen molar-refractivity contribution in [2.45, 2.75) is 39.8 Å². The van der Waals surface area contributed by atoms with Crippen molar-refractivity contribution in [1.82, 2.24) is 4.98 Å². The van der Waals surface area contributed by atoms with Crippen LogP contribution in [0.1, 0.15) is 49.7 Å². The number of aromatic nitrogens is 1. The molecule has 2 heterocycles. The summed E-state index contributed by atoms with van der Waals surface area (Å²) in [5, 5.41) is 10.6. The molecule has 1 amide bonds. The summed E-state index contributed by atoms with van der Waals surface area (Å²) >= 11 is 0. The zero-order valence-electron chi connectivity index (χ0n) is 17.3. The maximum absolute atomic E-state index is 13.0. The van der Waals surface area contributed by atoms with Gasteiger partial charge in [-0.3, -0.25) is 19.5 Å². The lowest BCUT2D eigenvalue weighted by molar-refractivity contribution is -0.119. The van der Waals surface area contributed by atoms with Crippen molar-refractivity contribution in [2.75, 3.05) is 4.90 Å². The van der Waals surface area contributed by atoms with Crippen LogP contribution in [0, 0.1) is 5.92 Å². The molecule has 1 atom stereocenters. The first-order valence-corrected chi connectivity index (χ1v) is 9.74. The number of amides is 1. The van der Waals surface area contributed by atoms with Gasteiger partial charge >= 0.3 is 5.97 Å². The van der Waals surface area contributed by atoms with Crippen LogP contribution in [0.4, 0.5) is 5.69 Å². The predicted octanol–water partition coefficient (Wildman–Crippen LogP) is 3.77. The minimum atomic E-state index is -0.850. The number of hydrogen-bond acceptors (Lipinski definition) is 6. The number of pyridine rings is 1. The second-order valence-electron chi connectivity index (χ2n) is 7.65. The van der Waals surface area contributed by atoms with Crippen LogP contribution in [0.25, 0.3) is 0 Å². The fraction of sp³-hybridized carbons (Fsp3) is 0.304. The Kier molecular flexibility index (Phi) is 6.01. The summed E-state index contributed by atoms with van der Waals surface area (Å²) in [6.07, 6.45) is 2.84. The van der Waals surface area contributed by atoms with Crippen molar-refractivity contribution < 1.29 is 24.2 Å². The van der Waals surface area contributed by atoms with Gasteiger partial charge in [-0.15, -0.1) is 0 Å². The van der Waals surface area contributed by atoms with E-state index in [1.54, 1.807) is 70.4 Å². The topological polar surface area (TPSA) is 96.8 Å². The molecule has 0 spiro atoms. The van der Waals surface area contributed by atoms with Crippen LogP contribution in [0.15, 0.2) is 60.1 Å². The Morgan fingerprint density at radius 2 is 1.87 bits per heavy atom. The number of esters is 1. The van der Waals surface area contributed by atoms with Gasteiger partial charge in [0, 0.05) is 24.0 Å². The number of carbonyl (C=O) groups is 3. The number of aliphatic hydroxyl groups excluding tert-OH is 1. The number of carbonyl (C=O) groups excluding carboxylic acids is 3. The van der Waals surface area contributed by atoms with E-state index < -0.39 is 29.6 Å². The second kappa shape index (κ2) is 8.49.